The Hall–Kier alpha value is -2.66. The van der Waals surface area contributed by atoms with Crippen LogP contribution in [0.15, 0.2) is 36.5 Å². The van der Waals surface area contributed by atoms with Gasteiger partial charge in [-0.25, -0.2) is 4.98 Å². The minimum atomic E-state index is -0.211. The minimum Gasteiger partial charge on any atom is -0.324 e. The summed E-state index contributed by atoms with van der Waals surface area (Å²) in [5.74, 6) is -0.211. The molecule has 3 N–H and O–H groups in total. The summed E-state index contributed by atoms with van der Waals surface area (Å²) in [6, 6.07) is 10.1. The van der Waals surface area contributed by atoms with Crippen LogP contribution in [0.2, 0.25) is 0 Å². The van der Waals surface area contributed by atoms with Gasteiger partial charge in [-0.05, 0) is 44.5 Å². The summed E-state index contributed by atoms with van der Waals surface area (Å²) in [6.07, 6.45) is 1.87. The van der Waals surface area contributed by atoms with Gasteiger partial charge in [0.05, 0.1) is 17.9 Å². The molecule has 3 rings (SSSR count). The zero-order chi connectivity index (χ0) is 16.6. The molecule has 2 heterocycles. The first-order chi connectivity index (χ1) is 11.0. The number of aryl methyl sites for hydroxylation is 3. The number of hydrogen-bond acceptors (Lipinski definition) is 3. The number of aromatic nitrogens is 2. The van der Waals surface area contributed by atoms with Gasteiger partial charge in [-0.1, -0.05) is 17.7 Å². The molecular formula is C18H20N4O. The average Bonchev–Trinajstić information content (AvgIpc) is 2.86. The first-order valence-corrected chi connectivity index (χ1v) is 7.56. The van der Waals surface area contributed by atoms with Crippen molar-refractivity contribution >= 4 is 17.2 Å². The monoisotopic (exact) mass is 308 g/mol. The molecular weight excluding hydrogens is 288 g/mol. The van der Waals surface area contributed by atoms with Gasteiger partial charge in [0.1, 0.15) is 5.65 Å². The summed E-state index contributed by atoms with van der Waals surface area (Å²) in [5.41, 5.74) is 12.4. The molecule has 1 amide bonds. The van der Waals surface area contributed by atoms with E-state index in [4.69, 9.17) is 10.7 Å². The summed E-state index contributed by atoms with van der Waals surface area (Å²) in [5, 5.41) is 2.77. The number of rotatable bonds is 3. The van der Waals surface area contributed by atoms with Gasteiger partial charge in [-0.2, -0.15) is 0 Å². The van der Waals surface area contributed by atoms with Crippen LogP contribution in [0.4, 0.5) is 5.69 Å². The second-order valence-corrected chi connectivity index (χ2v) is 5.76. The van der Waals surface area contributed by atoms with E-state index in [9.17, 15) is 4.79 Å². The lowest BCUT2D eigenvalue weighted by Gasteiger charge is -2.06. The second-order valence-electron chi connectivity index (χ2n) is 5.76. The Bertz CT molecular complexity index is 895. The fourth-order valence-corrected chi connectivity index (χ4v) is 2.69. The van der Waals surface area contributed by atoms with Crippen LogP contribution in [-0.4, -0.2) is 21.8 Å². The van der Waals surface area contributed by atoms with E-state index >= 15 is 0 Å². The Labute approximate surface area is 135 Å². The van der Waals surface area contributed by atoms with Gasteiger partial charge in [-0.15, -0.1) is 0 Å². The average molecular weight is 308 g/mol. The maximum atomic E-state index is 11.5. The van der Waals surface area contributed by atoms with Gasteiger partial charge in [0.25, 0.3) is 0 Å². The van der Waals surface area contributed by atoms with Crippen LogP contribution in [-0.2, 0) is 4.79 Å². The number of fused-ring (bicyclic) bond motifs is 1. The number of amides is 1. The zero-order valence-electron chi connectivity index (χ0n) is 13.6. The minimum absolute atomic E-state index is 0.0331. The number of benzene rings is 1. The lowest BCUT2D eigenvalue weighted by Crippen LogP contribution is -2.21. The van der Waals surface area contributed by atoms with Crippen molar-refractivity contribution < 1.29 is 4.79 Å². The Kier molecular flexibility index (Phi) is 3.88. The van der Waals surface area contributed by atoms with Crippen LogP contribution < -0.4 is 11.1 Å². The van der Waals surface area contributed by atoms with Crippen LogP contribution in [0.25, 0.3) is 16.9 Å². The molecule has 0 bridgehead atoms. The molecule has 0 aliphatic heterocycles. The third kappa shape index (κ3) is 2.83. The number of carbonyl (C=O) groups excluding carboxylic acids is 1. The lowest BCUT2D eigenvalue weighted by atomic mass is 10.0. The molecule has 0 saturated heterocycles. The van der Waals surface area contributed by atoms with Crippen molar-refractivity contribution in [1.82, 2.24) is 9.38 Å². The molecule has 0 unspecified atom stereocenters. The topological polar surface area (TPSA) is 72.4 Å². The quantitative estimate of drug-likeness (QED) is 0.781. The van der Waals surface area contributed by atoms with Gasteiger partial charge in [0, 0.05) is 17.5 Å². The Balaban J connectivity index is 2.11. The molecule has 0 aliphatic rings. The van der Waals surface area contributed by atoms with Gasteiger partial charge in [0.2, 0.25) is 5.91 Å². The fraction of sp³-hybridized carbons (Fsp3) is 0.222. The predicted molar refractivity (Wildman–Crippen MR) is 92.5 cm³/mol. The van der Waals surface area contributed by atoms with Crippen LogP contribution >= 0.6 is 0 Å². The van der Waals surface area contributed by atoms with Crippen molar-refractivity contribution in [3.05, 3.63) is 53.3 Å². The molecule has 0 spiro atoms. The Morgan fingerprint density at radius 3 is 2.74 bits per heavy atom. The summed E-state index contributed by atoms with van der Waals surface area (Å²) < 4.78 is 1.99. The highest BCUT2D eigenvalue weighted by atomic mass is 16.1. The number of pyridine rings is 1. The molecule has 5 nitrogen and oxygen atoms in total. The molecule has 1 aromatic carbocycles. The maximum absolute atomic E-state index is 11.5. The smallest absolute Gasteiger partial charge is 0.238 e. The molecule has 0 saturated carbocycles. The molecule has 0 atom stereocenters. The first kappa shape index (κ1) is 15.2. The SMILES string of the molecule is Cc1ccc(C)c(-c2nc3ccc(NC(=O)CN)cn3c2C)c1. The summed E-state index contributed by atoms with van der Waals surface area (Å²) in [4.78, 5) is 16.2. The molecule has 5 heteroatoms. The number of nitrogens with two attached hydrogens (primary N) is 1. The summed E-state index contributed by atoms with van der Waals surface area (Å²) >= 11 is 0. The molecule has 3 aromatic rings. The summed E-state index contributed by atoms with van der Waals surface area (Å²) in [6.45, 7) is 6.17. The fourth-order valence-electron chi connectivity index (χ4n) is 2.69. The molecule has 23 heavy (non-hydrogen) atoms. The predicted octanol–water partition coefficient (Wildman–Crippen LogP) is 2.82. The van der Waals surface area contributed by atoms with E-state index in [1.54, 1.807) is 0 Å². The Morgan fingerprint density at radius 2 is 2.00 bits per heavy atom. The van der Waals surface area contributed by atoms with E-state index in [1.165, 1.54) is 11.1 Å². The third-order valence-corrected chi connectivity index (χ3v) is 3.97. The van der Waals surface area contributed by atoms with Crippen molar-refractivity contribution in [2.45, 2.75) is 20.8 Å². The van der Waals surface area contributed by atoms with Crippen LogP contribution in [0.1, 0.15) is 16.8 Å². The van der Waals surface area contributed by atoms with E-state index in [2.05, 4.69) is 37.4 Å². The highest BCUT2D eigenvalue weighted by Gasteiger charge is 2.13. The molecule has 2 aromatic heterocycles. The largest absolute Gasteiger partial charge is 0.324 e. The van der Waals surface area contributed by atoms with E-state index in [0.29, 0.717) is 5.69 Å². The van der Waals surface area contributed by atoms with Crippen molar-refractivity contribution in [3.8, 4) is 11.3 Å². The highest BCUT2D eigenvalue weighted by molar-refractivity contribution is 5.92. The third-order valence-electron chi connectivity index (χ3n) is 3.97. The molecule has 0 radical (unpaired) electrons. The van der Waals surface area contributed by atoms with Crippen LogP contribution in [0.3, 0.4) is 0 Å². The number of hydrogen-bond donors (Lipinski definition) is 2. The first-order valence-electron chi connectivity index (χ1n) is 7.56. The van der Waals surface area contributed by atoms with Crippen LogP contribution in [0.5, 0.6) is 0 Å². The number of nitrogens with one attached hydrogen (secondary N) is 1. The van der Waals surface area contributed by atoms with Crippen molar-refractivity contribution in [3.63, 3.8) is 0 Å². The van der Waals surface area contributed by atoms with Gasteiger partial charge in [-0.3, -0.25) is 4.79 Å². The van der Waals surface area contributed by atoms with Gasteiger partial charge >= 0.3 is 0 Å². The van der Waals surface area contributed by atoms with Crippen LogP contribution in [0, 0.1) is 20.8 Å². The lowest BCUT2D eigenvalue weighted by molar-refractivity contribution is -0.114. The number of imidazole rings is 1. The van der Waals surface area contributed by atoms with Crippen molar-refractivity contribution in [1.29, 1.82) is 0 Å². The highest BCUT2D eigenvalue weighted by Crippen LogP contribution is 2.28. The maximum Gasteiger partial charge on any atom is 0.238 e. The molecule has 118 valence electrons. The molecule has 0 aliphatic carbocycles. The number of nitrogens with zero attached hydrogens (tertiary/aromatic N) is 2. The normalized spacial score (nSPS) is 11.0. The molecule has 0 fully saturated rings. The van der Waals surface area contributed by atoms with E-state index in [0.717, 1.165) is 22.6 Å². The van der Waals surface area contributed by atoms with E-state index in [-0.39, 0.29) is 12.5 Å². The second kappa shape index (κ2) is 5.85. The Morgan fingerprint density at radius 1 is 1.22 bits per heavy atom. The zero-order valence-corrected chi connectivity index (χ0v) is 13.6. The van der Waals surface area contributed by atoms with Gasteiger partial charge in [0.15, 0.2) is 0 Å². The number of anilines is 1. The van der Waals surface area contributed by atoms with E-state index < -0.39 is 0 Å². The van der Waals surface area contributed by atoms with E-state index in [1.807, 2.05) is 29.7 Å². The summed E-state index contributed by atoms with van der Waals surface area (Å²) in [7, 11) is 0. The number of carbonyl (C=O) groups is 1. The van der Waals surface area contributed by atoms with Crippen molar-refractivity contribution in [2.24, 2.45) is 5.73 Å². The van der Waals surface area contributed by atoms with Crippen molar-refractivity contribution in [2.75, 3.05) is 11.9 Å². The van der Waals surface area contributed by atoms with Gasteiger partial charge < -0.3 is 15.5 Å². The standard InChI is InChI=1S/C18H20N4O/c1-11-4-5-12(2)15(8-11)18-13(3)22-10-14(20-17(23)9-19)6-7-16(22)21-18/h4-8,10H,9,19H2,1-3H3,(H,20,23).